The minimum absolute atomic E-state index is 0.0633. The zero-order valence-corrected chi connectivity index (χ0v) is 11.7. The highest BCUT2D eigenvalue weighted by atomic mass is 16.2. The summed E-state index contributed by atoms with van der Waals surface area (Å²) in [5, 5.41) is 5.81. The van der Waals surface area contributed by atoms with Crippen LogP contribution in [-0.2, 0) is 13.0 Å². The zero-order valence-electron chi connectivity index (χ0n) is 11.7. The molecule has 0 unspecified atom stereocenters. The molecule has 2 aromatic rings. The maximum absolute atomic E-state index is 11.6. The normalized spacial score (nSPS) is 14.4. The van der Waals surface area contributed by atoms with Crippen molar-refractivity contribution in [2.45, 2.75) is 38.8 Å². The van der Waals surface area contributed by atoms with E-state index < -0.39 is 0 Å². The quantitative estimate of drug-likeness (QED) is 0.875. The van der Waals surface area contributed by atoms with Crippen LogP contribution in [0.5, 0.6) is 0 Å². The highest BCUT2D eigenvalue weighted by Gasteiger charge is 2.22. The SMILES string of the molecule is CCn1c(CCNC(=O)NC2CC2)nc2ccccc21. The van der Waals surface area contributed by atoms with Gasteiger partial charge in [-0.3, -0.25) is 0 Å². The maximum atomic E-state index is 11.6. The first-order valence-electron chi connectivity index (χ1n) is 7.26. The van der Waals surface area contributed by atoms with Gasteiger partial charge in [0.15, 0.2) is 0 Å². The van der Waals surface area contributed by atoms with Gasteiger partial charge in [0.25, 0.3) is 0 Å². The van der Waals surface area contributed by atoms with E-state index in [1.807, 2.05) is 18.2 Å². The van der Waals surface area contributed by atoms with Gasteiger partial charge < -0.3 is 15.2 Å². The van der Waals surface area contributed by atoms with Gasteiger partial charge >= 0.3 is 6.03 Å². The summed E-state index contributed by atoms with van der Waals surface area (Å²) < 4.78 is 2.20. The number of para-hydroxylation sites is 2. The van der Waals surface area contributed by atoms with Crippen molar-refractivity contribution in [1.29, 1.82) is 0 Å². The predicted octanol–water partition coefficient (Wildman–Crippen LogP) is 2.06. The van der Waals surface area contributed by atoms with E-state index in [0.717, 1.165) is 42.7 Å². The smallest absolute Gasteiger partial charge is 0.315 e. The molecule has 0 radical (unpaired) electrons. The highest BCUT2D eigenvalue weighted by Crippen LogP contribution is 2.18. The van der Waals surface area contributed by atoms with Crippen molar-refractivity contribution < 1.29 is 4.79 Å². The molecule has 5 nitrogen and oxygen atoms in total. The Bertz CT molecular complexity index is 615. The second-order valence-electron chi connectivity index (χ2n) is 5.19. The molecule has 0 aliphatic heterocycles. The van der Waals surface area contributed by atoms with Gasteiger partial charge in [0.2, 0.25) is 0 Å². The van der Waals surface area contributed by atoms with E-state index in [9.17, 15) is 4.79 Å². The van der Waals surface area contributed by atoms with Crippen LogP contribution in [0.1, 0.15) is 25.6 Å². The Labute approximate surface area is 118 Å². The van der Waals surface area contributed by atoms with Crippen molar-refractivity contribution in [3.8, 4) is 0 Å². The molecule has 1 aromatic heterocycles. The Morgan fingerprint density at radius 1 is 1.40 bits per heavy atom. The molecule has 1 aromatic carbocycles. The minimum atomic E-state index is -0.0633. The van der Waals surface area contributed by atoms with Crippen molar-refractivity contribution in [2.24, 2.45) is 0 Å². The van der Waals surface area contributed by atoms with Crippen molar-refractivity contribution in [3.05, 3.63) is 30.1 Å². The van der Waals surface area contributed by atoms with E-state index >= 15 is 0 Å². The topological polar surface area (TPSA) is 59.0 Å². The molecule has 106 valence electrons. The van der Waals surface area contributed by atoms with E-state index in [2.05, 4.69) is 33.2 Å². The van der Waals surface area contributed by atoms with E-state index in [4.69, 9.17) is 0 Å². The summed E-state index contributed by atoms with van der Waals surface area (Å²) in [6.45, 7) is 3.62. The number of nitrogens with zero attached hydrogens (tertiary/aromatic N) is 2. The fourth-order valence-corrected chi connectivity index (χ4v) is 2.42. The third-order valence-electron chi connectivity index (χ3n) is 3.60. The first kappa shape index (κ1) is 13.0. The molecule has 1 heterocycles. The summed E-state index contributed by atoms with van der Waals surface area (Å²) >= 11 is 0. The summed E-state index contributed by atoms with van der Waals surface area (Å²) in [5.41, 5.74) is 2.18. The molecule has 0 spiro atoms. The first-order valence-corrected chi connectivity index (χ1v) is 7.26. The fraction of sp³-hybridized carbons (Fsp3) is 0.467. The van der Waals surface area contributed by atoms with E-state index in [1.54, 1.807) is 0 Å². The van der Waals surface area contributed by atoms with Crippen molar-refractivity contribution >= 4 is 17.1 Å². The van der Waals surface area contributed by atoms with Crippen molar-refractivity contribution in [1.82, 2.24) is 20.2 Å². The molecule has 1 aliphatic rings. The predicted molar refractivity (Wildman–Crippen MR) is 78.7 cm³/mol. The Hall–Kier alpha value is -2.04. The standard InChI is InChI=1S/C15H20N4O/c1-2-19-13-6-4-3-5-12(13)18-14(19)9-10-16-15(20)17-11-7-8-11/h3-6,11H,2,7-10H2,1H3,(H2,16,17,20). The number of aryl methyl sites for hydroxylation is 1. The average molecular weight is 272 g/mol. The number of nitrogens with one attached hydrogen (secondary N) is 2. The zero-order chi connectivity index (χ0) is 13.9. The second-order valence-corrected chi connectivity index (χ2v) is 5.19. The number of amides is 2. The number of urea groups is 1. The number of rotatable bonds is 5. The van der Waals surface area contributed by atoms with E-state index in [-0.39, 0.29) is 6.03 Å². The number of carbonyl (C=O) groups excluding carboxylic acids is 1. The molecule has 2 amide bonds. The van der Waals surface area contributed by atoms with Gasteiger partial charge in [-0.25, -0.2) is 9.78 Å². The molecule has 5 heteroatoms. The van der Waals surface area contributed by atoms with Gasteiger partial charge in [0.1, 0.15) is 5.82 Å². The molecule has 20 heavy (non-hydrogen) atoms. The lowest BCUT2D eigenvalue weighted by molar-refractivity contribution is 0.240. The van der Waals surface area contributed by atoms with Crippen molar-refractivity contribution in [3.63, 3.8) is 0 Å². The van der Waals surface area contributed by atoms with Crippen LogP contribution in [0.25, 0.3) is 11.0 Å². The van der Waals surface area contributed by atoms with E-state index in [0.29, 0.717) is 12.6 Å². The number of imidazole rings is 1. The van der Waals surface area contributed by atoms with Crippen LogP contribution in [0.3, 0.4) is 0 Å². The maximum Gasteiger partial charge on any atom is 0.315 e. The van der Waals surface area contributed by atoms with Gasteiger partial charge in [0.05, 0.1) is 11.0 Å². The third kappa shape index (κ3) is 2.76. The van der Waals surface area contributed by atoms with Crippen LogP contribution < -0.4 is 10.6 Å². The number of benzene rings is 1. The highest BCUT2D eigenvalue weighted by molar-refractivity contribution is 5.76. The number of hydrogen-bond acceptors (Lipinski definition) is 2. The van der Waals surface area contributed by atoms with Gasteiger partial charge in [-0.05, 0) is 31.9 Å². The lowest BCUT2D eigenvalue weighted by Crippen LogP contribution is -2.38. The Morgan fingerprint density at radius 2 is 2.20 bits per heavy atom. The Balaban J connectivity index is 1.62. The molecule has 1 aliphatic carbocycles. The molecule has 1 saturated carbocycles. The number of carbonyl (C=O) groups is 1. The molecule has 0 saturated heterocycles. The largest absolute Gasteiger partial charge is 0.338 e. The molecule has 0 atom stereocenters. The number of hydrogen-bond donors (Lipinski definition) is 2. The molecule has 1 fully saturated rings. The van der Waals surface area contributed by atoms with Crippen LogP contribution in [0.2, 0.25) is 0 Å². The Morgan fingerprint density at radius 3 is 2.95 bits per heavy atom. The summed E-state index contributed by atoms with van der Waals surface area (Å²) in [5.74, 6) is 1.03. The first-order chi connectivity index (χ1) is 9.78. The van der Waals surface area contributed by atoms with Crippen LogP contribution in [0, 0.1) is 0 Å². The summed E-state index contributed by atoms with van der Waals surface area (Å²) in [4.78, 5) is 16.2. The van der Waals surface area contributed by atoms with Gasteiger partial charge in [-0.15, -0.1) is 0 Å². The van der Waals surface area contributed by atoms with Crippen LogP contribution in [0.15, 0.2) is 24.3 Å². The molecular formula is C15H20N4O. The monoisotopic (exact) mass is 272 g/mol. The van der Waals surface area contributed by atoms with Gasteiger partial charge in [-0.2, -0.15) is 0 Å². The fourth-order valence-electron chi connectivity index (χ4n) is 2.42. The number of aromatic nitrogens is 2. The average Bonchev–Trinajstić information content (AvgIpc) is 3.18. The second kappa shape index (κ2) is 5.53. The van der Waals surface area contributed by atoms with Crippen LogP contribution >= 0.6 is 0 Å². The number of fused-ring (bicyclic) bond motifs is 1. The minimum Gasteiger partial charge on any atom is -0.338 e. The van der Waals surface area contributed by atoms with Crippen LogP contribution in [-0.4, -0.2) is 28.2 Å². The van der Waals surface area contributed by atoms with Gasteiger partial charge in [-0.1, -0.05) is 12.1 Å². The van der Waals surface area contributed by atoms with Crippen LogP contribution in [0.4, 0.5) is 4.79 Å². The van der Waals surface area contributed by atoms with Crippen molar-refractivity contribution in [2.75, 3.05) is 6.54 Å². The summed E-state index contributed by atoms with van der Waals surface area (Å²) in [6, 6.07) is 8.48. The van der Waals surface area contributed by atoms with E-state index in [1.165, 1.54) is 0 Å². The third-order valence-corrected chi connectivity index (χ3v) is 3.60. The molecule has 2 N–H and O–H groups in total. The molecular weight excluding hydrogens is 252 g/mol. The molecule has 3 rings (SSSR count). The summed E-state index contributed by atoms with van der Waals surface area (Å²) in [6.07, 6.45) is 2.97. The molecule has 0 bridgehead atoms. The summed E-state index contributed by atoms with van der Waals surface area (Å²) in [7, 11) is 0. The lowest BCUT2D eigenvalue weighted by atomic mass is 10.3. The lowest BCUT2D eigenvalue weighted by Gasteiger charge is -2.08. The van der Waals surface area contributed by atoms with Gasteiger partial charge in [0, 0.05) is 25.6 Å². The Kier molecular flexibility index (Phi) is 3.58.